The van der Waals surface area contributed by atoms with Gasteiger partial charge in [-0.2, -0.15) is 0 Å². The van der Waals surface area contributed by atoms with E-state index in [2.05, 4.69) is 145 Å². The predicted molar refractivity (Wildman–Crippen MR) is 142 cm³/mol. The Bertz CT molecular complexity index is 1310. The first-order chi connectivity index (χ1) is 16.3. The number of anilines is 3. The molecule has 0 aromatic heterocycles. The van der Waals surface area contributed by atoms with Gasteiger partial charge in [-0.1, -0.05) is 110 Å². The van der Waals surface area contributed by atoms with Gasteiger partial charge in [0.1, 0.15) is 0 Å². The minimum atomic E-state index is 1.13. The molecule has 0 saturated heterocycles. The van der Waals surface area contributed by atoms with E-state index in [1.165, 1.54) is 22.3 Å². The summed E-state index contributed by atoms with van der Waals surface area (Å²) < 4.78 is 0. The second-order valence-corrected chi connectivity index (χ2v) is 7.93. The summed E-state index contributed by atoms with van der Waals surface area (Å²) in [6.45, 7) is 3.89. The zero-order chi connectivity index (χ0) is 22.5. The average Bonchev–Trinajstić information content (AvgIpc) is 2.91. The lowest BCUT2D eigenvalue weighted by molar-refractivity contribution is 1.28. The van der Waals surface area contributed by atoms with Crippen molar-refractivity contribution >= 4 is 23.1 Å². The SMILES string of the molecule is C=Cc1cccc(-c2ccc(-c3ccccc3N(c3ccccc3)c3ccccc3)cc2)c1. The smallest absolute Gasteiger partial charge is 0.0540 e. The molecule has 0 spiro atoms. The zero-order valence-corrected chi connectivity index (χ0v) is 18.4. The van der Waals surface area contributed by atoms with Crippen molar-refractivity contribution in [2.45, 2.75) is 0 Å². The topological polar surface area (TPSA) is 3.24 Å². The second-order valence-electron chi connectivity index (χ2n) is 7.93. The molecule has 0 aliphatic carbocycles. The highest BCUT2D eigenvalue weighted by molar-refractivity contribution is 5.88. The van der Waals surface area contributed by atoms with E-state index in [0.717, 1.165) is 22.6 Å². The predicted octanol–water partition coefficient (Wildman–Crippen LogP) is 9.13. The summed E-state index contributed by atoms with van der Waals surface area (Å²) >= 11 is 0. The van der Waals surface area contributed by atoms with Gasteiger partial charge in [0.25, 0.3) is 0 Å². The van der Waals surface area contributed by atoms with Crippen LogP contribution < -0.4 is 4.90 Å². The molecular weight excluding hydrogens is 398 g/mol. The molecule has 0 aliphatic rings. The molecule has 0 heterocycles. The normalized spacial score (nSPS) is 10.5. The van der Waals surface area contributed by atoms with E-state index in [1.807, 2.05) is 6.08 Å². The minimum absolute atomic E-state index is 1.13. The highest BCUT2D eigenvalue weighted by atomic mass is 15.1. The summed E-state index contributed by atoms with van der Waals surface area (Å²) in [5.41, 5.74) is 9.32. The van der Waals surface area contributed by atoms with E-state index in [-0.39, 0.29) is 0 Å². The maximum atomic E-state index is 3.89. The van der Waals surface area contributed by atoms with Gasteiger partial charge in [-0.25, -0.2) is 0 Å². The van der Waals surface area contributed by atoms with E-state index in [1.54, 1.807) is 0 Å². The standard InChI is InChI=1S/C32H25N/c1-2-25-12-11-13-28(24-25)26-20-22-27(23-21-26)31-18-9-10-19-32(31)33(29-14-5-3-6-15-29)30-16-7-4-8-17-30/h2-24H,1H2. The number of benzene rings is 5. The maximum Gasteiger partial charge on any atom is 0.0540 e. The van der Waals surface area contributed by atoms with Gasteiger partial charge in [-0.15, -0.1) is 0 Å². The Balaban J connectivity index is 1.59. The van der Waals surface area contributed by atoms with Crippen LogP contribution in [0, 0.1) is 0 Å². The van der Waals surface area contributed by atoms with Gasteiger partial charge in [0.2, 0.25) is 0 Å². The van der Waals surface area contributed by atoms with Crippen LogP contribution >= 0.6 is 0 Å². The molecule has 0 saturated carbocycles. The van der Waals surface area contributed by atoms with Crippen LogP contribution in [0.15, 0.2) is 140 Å². The van der Waals surface area contributed by atoms with Crippen LogP contribution in [-0.2, 0) is 0 Å². The lowest BCUT2D eigenvalue weighted by Gasteiger charge is -2.27. The van der Waals surface area contributed by atoms with Gasteiger partial charge in [-0.05, 0) is 58.7 Å². The summed E-state index contributed by atoms with van der Waals surface area (Å²) in [5.74, 6) is 0. The van der Waals surface area contributed by atoms with Gasteiger partial charge >= 0.3 is 0 Å². The Morgan fingerprint density at radius 2 is 1.06 bits per heavy atom. The largest absolute Gasteiger partial charge is 0.310 e. The van der Waals surface area contributed by atoms with Crippen LogP contribution in [0.3, 0.4) is 0 Å². The number of para-hydroxylation sites is 3. The summed E-state index contributed by atoms with van der Waals surface area (Å²) in [4.78, 5) is 2.32. The van der Waals surface area contributed by atoms with Gasteiger partial charge in [0, 0.05) is 16.9 Å². The fourth-order valence-electron chi connectivity index (χ4n) is 4.18. The summed E-state index contributed by atoms with van der Waals surface area (Å²) in [6.07, 6.45) is 1.88. The van der Waals surface area contributed by atoms with Gasteiger partial charge in [-0.3, -0.25) is 0 Å². The third kappa shape index (κ3) is 4.35. The third-order valence-corrected chi connectivity index (χ3v) is 5.83. The monoisotopic (exact) mass is 423 g/mol. The summed E-state index contributed by atoms with van der Waals surface area (Å²) in [6, 6.07) is 46.9. The van der Waals surface area contributed by atoms with Crippen LogP contribution in [0.1, 0.15) is 5.56 Å². The molecule has 0 unspecified atom stereocenters. The highest BCUT2D eigenvalue weighted by Gasteiger charge is 2.16. The molecule has 5 aromatic carbocycles. The van der Waals surface area contributed by atoms with Crippen molar-refractivity contribution in [2.24, 2.45) is 0 Å². The van der Waals surface area contributed by atoms with Crippen LogP contribution in [0.25, 0.3) is 28.3 Å². The van der Waals surface area contributed by atoms with Crippen molar-refractivity contribution in [1.82, 2.24) is 0 Å². The number of rotatable bonds is 6. The molecule has 0 fully saturated rings. The van der Waals surface area contributed by atoms with Crippen molar-refractivity contribution in [3.05, 3.63) is 146 Å². The first-order valence-electron chi connectivity index (χ1n) is 11.2. The average molecular weight is 424 g/mol. The molecule has 5 rings (SSSR count). The van der Waals surface area contributed by atoms with Crippen LogP contribution in [0.4, 0.5) is 17.1 Å². The lowest BCUT2D eigenvalue weighted by Crippen LogP contribution is -2.10. The van der Waals surface area contributed by atoms with Gasteiger partial charge in [0.05, 0.1) is 5.69 Å². The van der Waals surface area contributed by atoms with Crippen molar-refractivity contribution in [2.75, 3.05) is 4.90 Å². The zero-order valence-electron chi connectivity index (χ0n) is 18.4. The molecule has 0 amide bonds. The van der Waals surface area contributed by atoms with E-state index in [9.17, 15) is 0 Å². The minimum Gasteiger partial charge on any atom is -0.310 e. The quantitative estimate of drug-likeness (QED) is 0.263. The molecule has 0 N–H and O–H groups in total. The van der Waals surface area contributed by atoms with Gasteiger partial charge < -0.3 is 4.90 Å². The third-order valence-electron chi connectivity index (χ3n) is 5.83. The Hall–Kier alpha value is -4.36. The van der Waals surface area contributed by atoms with E-state index in [4.69, 9.17) is 0 Å². The molecular formula is C32H25N. The second kappa shape index (κ2) is 9.42. The fourth-order valence-corrected chi connectivity index (χ4v) is 4.18. The Morgan fingerprint density at radius 3 is 1.70 bits per heavy atom. The molecule has 0 bridgehead atoms. The van der Waals surface area contributed by atoms with E-state index >= 15 is 0 Å². The molecule has 0 radical (unpaired) electrons. The lowest BCUT2D eigenvalue weighted by atomic mass is 9.97. The highest BCUT2D eigenvalue weighted by Crippen LogP contribution is 2.40. The molecule has 0 atom stereocenters. The van der Waals surface area contributed by atoms with E-state index < -0.39 is 0 Å². The van der Waals surface area contributed by atoms with Crippen LogP contribution in [0.5, 0.6) is 0 Å². The van der Waals surface area contributed by atoms with Crippen molar-refractivity contribution in [3.63, 3.8) is 0 Å². The summed E-state index contributed by atoms with van der Waals surface area (Å²) in [7, 11) is 0. The van der Waals surface area contributed by atoms with Crippen LogP contribution in [0.2, 0.25) is 0 Å². The first kappa shape index (κ1) is 20.5. The van der Waals surface area contributed by atoms with E-state index in [0.29, 0.717) is 0 Å². The van der Waals surface area contributed by atoms with Crippen molar-refractivity contribution in [3.8, 4) is 22.3 Å². The first-order valence-corrected chi connectivity index (χ1v) is 11.2. The molecule has 33 heavy (non-hydrogen) atoms. The number of hydrogen-bond donors (Lipinski definition) is 0. The maximum absolute atomic E-state index is 3.89. The Kier molecular flexibility index (Phi) is 5.86. The van der Waals surface area contributed by atoms with Gasteiger partial charge in [0.15, 0.2) is 0 Å². The fraction of sp³-hybridized carbons (Fsp3) is 0. The Morgan fingerprint density at radius 1 is 0.485 bits per heavy atom. The van der Waals surface area contributed by atoms with Crippen LogP contribution in [-0.4, -0.2) is 0 Å². The molecule has 1 heteroatoms. The molecule has 158 valence electrons. The summed E-state index contributed by atoms with van der Waals surface area (Å²) in [5, 5.41) is 0. The van der Waals surface area contributed by atoms with Crippen molar-refractivity contribution < 1.29 is 0 Å². The molecule has 1 nitrogen and oxygen atoms in total. The Labute approximate surface area is 195 Å². The number of hydrogen-bond acceptors (Lipinski definition) is 1. The molecule has 0 aliphatic heterocycles. The van der Waals surface area contributed by atoms with Crippen molar-refractivity contribution in [1.29, 1.82) is 0 Å². The number of nitrogens with zero attached hydrogens (tertiary/aromatic N) is 1. The molecule has 5 aromatic rings.